The highest BCUT2D eigenvalue weighted by atomic mass is 16.1. The van der Waals surface area contributed by atoms with Crippen molar-refractivity contribution in [2.45, 2.75) is 65.5 Å². The van der Waals surface area contributed by atoms with Gasteiger partial charge in [-0.1, -0.05) is 74.5 Å². The maximum atomic E-state index is 11.9. The van der Waals surface area contributed by atoms with Crippen LogP contribution in [0.25, 0.3) is 0 Å². The molecule has 2 aliphatic rings. The fourth-order valence-corrected chi connectivity index (χ4v) is 5.60. The Kier molecular flexibility index (Phi) is 10.0. The van der Waals surface area contributed by atoms with Gasteiger partial charge in [0.1, 0.15) is 0 Å². The molecule has 0 N–H and O–H groups in total. The zero-order valence-electron chi connectivity index (χ0n) is 21.5. The molecule has 0 bridgehead atoms. The summed E-state index contributed by atoms with van der Waals surface area (Å²) in [4.78, 5) is 28.5. The summed E-state index contributed by atoms with van der Waals surface area (Å²) in [7, 11) is 0. The van der Waals surface area contributed by atoms with Gasteiger partial charge in [0.15, 0.2) is 11.6 Å². The van der Waals surface area contributed by atoms with Crippen molar-refractivity contribution in [3.05, 3.63) is 71.8 Å². The van der Waals surface area contributed by atoms with E-state index in [4.69, 9.17) is 0 Å². The van der Waals surface area contributed by atoms with Crippen molar-refractivity contribution in [1.29, 1.82) is 0 Å². The molecule has 2 aliphatic heterocycles. The van der Waals surface area contributed by atoms with Gasteiger partial charge in [-0.15, -0.1) is 0 Å². The number of hydrogen-bond acceptors (Lipinski definition) is 4. The lowest BCUT2D eigenvalue weighted by atomic mass is 9.94. The molecule has 4 nitrogen and oxygen atoms in total. The Balaban J connectivity index is 0.000000191. The Hall–Kier alpha value is -2.30. The molecule has 0 saturated carbocycles. The molecule has 2 heterocycles. The Morgan fingerprint density at radius 3 is 1.32 bits per heavy atom. The maximum absolute atomic E-state index is 11.9. The highest BCUT2D eigenvalue weighted by molar-refractivity contribution is 5.83. The maximum Gasteiger partial charge on any atom is 0.151 e. The first-order valence-corrected chi connectivity index (χ1v) is 13.0. The summed E-state index contributed by atoms with van der Waals surface area (Å²) >= 11 is 0. The summed E-state index contributed by atoms with van der Waals surface area (Å²) in [6, 6.07) is 20.2. The molecule has 0 aliphatic carbocycles. The molecule has 0 amide bonds. The molecule has 34 heavy (non-hydrogen) atoms. The second-order valence-electron chi connectivity index (χ2n) is 10.3. The molecular weight excluding hydrogens is 420 g/mol. The van der Waals surface area contributed by atoms with Crippen molar-refractivity contribution in [1.82, 2.24) is 9.80 Å². The standard InChI is InChI=1S/2C15H21NO/c2*1-12-7-6-10-16(11-12)15(13(2)17)14-8-4-3-5-9-14/h2*3-5,8-9,12,15H,6-7,10-11H2,1-2H3/t12-,15+;12-,15-/m00/s1. The quantitative estimate of drug-likeness (QED) is 0.520. The minimum absolute atomic E-state index is 0.0426. The first-order valence-electron chi connectivity index (χ1n) is 13.0. The minimum atomic E-state index is -0.0426. The van der Waals surface area contributed by atoms with Gasteiger partial charge < -0.3 is 0 Å². The van der Waals surface area contributed by atoms with E-state index in [1.807, 2.05) is 36.4 Å². The summed E-state index contributed by atoms with van der Waals surface area (Å²) in [5.74, 6) is 1.92. The van der Waals surface area contributed by atoms with E-state index in [0.29, 0.717) is 11.8 Å². The largest absolute Gasteiger partial charge is 0.298 e. The molecular formula is C30H42N2O2. The average Bonchev–Trinajstić information content (AvgIpc) is 2.81. The molecule has 4 rings (SSSR count). The smallest absolute Gasteiger partial charge is 0.151 e. The first kappa shape index (κ1) is 26.3. The number of hydrogen-bond donors (Lipinski definition) is 0. The van der Waals surface area contributed by atoms with Gasteiger partial charge in [0, 0.05) is 13.1 Å². The lowest BCUT2D eigenvalue weighted by Crippen LogP contribution is -2.40. The monoisotopic (exact) mass is 462 g/mol. The van der Waals surface area contributed by atoms with Gasteiger partial charge in [-0.2, -0.15) is 0 Å². The number of nitrogens with zero attached hydrogens (tertiary/aromatic N) is 2. The van der Waals surface area contributed by atoms with Crippen LogP contribution in [0.1, 0.15) is 76.6 Å². The SMILES string of the molecule is CC(=O)[C@@H](c1ccccc1)N1CCC[C@H](C)C1.CC(=O)[C@H](c1ccccc1)N1CCC[C@H](C)C1. The van der Waals surface area contributed by atoms with Gasteiger partial charge in [0.25, 0.3) is 0 Å². The Labute approximate surface area is 206 Å². The van der Waals surface area contributed by atoms with Crippen molar-refractivity contribution >= 4 is 11.6 Å². The highest BCUT2D eigenvalue weighted by Gasteiger charge is 2.29. The number of Topliss-reactive ketones (excluding diaryl/α,β-unsaturated/α-hetero) is 2. The van der Waals surface area contributed by atoms with Crippen LogP contribution < -0.4 is 0 Å². The summed E-state index contributed by atoms with van der Waals surface area (Å²) in [6.07, 6.45) is 4.99. The number of piperidine rings is 2. The predicted octanol–water partition coefficient (Wildman–Crippen LogP) is 6.10. The van der Waals surface area contributed by atoms with Crippen LogP contribution in [0.2, 0.25) is 0 Å². The third-order valence-corrected chi connectivity index (χ3v) is 7.11. The zero-order valence-corrected chi connectivity index (χ0v) is 21.5. The fraction of sp³-hybridized carbons (Fsp3) is 0.533. The van der Waals surface area contributed by atoms with Crippen LogP contribution in [-0.4, -0.2) is 47.5 Å². The molecule has 2 aromatic carbocycles. The molecule has 2 aromatic rings. The van der Waals surface area contributed by atoms with Gasteiger partial charge in [0.2, 0.25) is 0 Å². The molecule has 4 atom stereocenters. The van der Waals surface area contributed by atoms with Crippen LogP contribution in [0.4, 0.5) is 0 Å². The molecule has 2 saturated heterocycles. The molecule has 0 radical (unpaired) electrons. The van der Waals surface area contributed by atoms with Crippen LogP contribution in [0, 0.1) is 11.8 Å². The highest BCUT2D eigenvalue weighted by Crippen LogP contribution is 2.28. The topological polar surface area (TPSA) is 40.6 Å². The van der Waals surface area contributed by atoms with E-state index in [-0.39, 0.29) is 23.7 Å². The summed E-state index contributed by atoms with van der Waals surface area (Å²) < 4.78 is 0. The van der Waals surface area contributed by atoms with E-state index < -0.39 is 0 Å². The second-order valence-corrected chi connectivity index (χ2v) is 10.3. The summed E-state index contributed by atoms with van der Waals surface area (Å²) in [5.41, 5.74) is 2.27. The number of likely N-dealkylation sites (tertiary alicyclic amines) is 2. The van der Waals surface area contributed by atoms with Crippen molar-refractivity contribution in [3.8, 4) is 0 Å². The summed E-state index contributed by atoms with van der Waals surface area (Å²) in [5, 5.41) is 0. The second kappa shape index (κ2) is 13.0. The Bertz CT molecular complexity index is 823. The first-order chi connectivity index (χ1) is 16.4. The van der Waals surface area contributed by atoms with E-state index >= 15 is 0 Å². The Morgan fingerprint density at radius 2 is 1.03 bits per heavy atom. The van der Waals surface area contributed by atoms with E-state index in [0.717, 1.165) is 37.3 Å². The van der Waals surface area contributed by atoms with Crippen molar-refractivity contribution < 1.29 is 9.59 Å². The summed E-state index contributed by atoms with van der Waals surface area (Å²) in [6.45, 7) is 12.1. The Morgan fingerprint density at radius 1 is 0.676 bits per heavy atom. The van der Waals surface area contributed by atoms with Gasteiger partial charge >= 0.3 is 0 Å². The lowest BCUT2D eigenvalue weighted by molar-refractivity contribution is -0.124. The number of benzene rings is 2. The van der Waals surface area contributed by atoms with Gasteiger partial charge in [-0.25, -0.2) is 0 Å². The molecule has 0 unspecified atom stereocenters. The predicted molar refractivity (Wildman–Crippen MR) is 140 cm³/mol. The normalized spacial score (nSPS) is 23.3. The van der Waals surface area contributed by atoms with Crippen LogP contribution in [0.15, 0.2) is 60.7 Å². The van der Waals surface area contributed by atoms with E-state index in [1.54, 1.807) is 13.8 Å². The number of rotatable bonds is 6. The molecule has 0 spiro atoms. The van der Waals surface area contributed by atoms with Crippen LogP contribution in [0.3, 0.4) is 0 Å². The molecule has 0 aromatic heterocycles. The third-order valence-electron chi connectivity index (χ3n) is 7.11. The van der Waals surface area contributed by atoms with E-state index in [1.165, 1.54) is 25.7 Å². The van der Waals surface area contributed by atoms with Crippen LogP contribution in [0.5, 0.6) is 0 Å². The average molecular weight is 463 g/mol. The third kappa shape index (κ3) is 7.35. The van der Waals surface area contributed by atoms with E-state index in [9.17, 15) is 9.59 Å². The zero-order chi connectivity index (χ0) is 24.5. The van der Waals surface area contributed by atoms with Crippen molar-refractivity contribution in [2.75, 3.05) is 26.2 Å². The van der Waals surface area contributed by atoms with Crippen LogP contribution >= 0.6 is 0 Å². The minimum Gasteiger partial charge on any atom is -0.298 e. The van der Waals surface area contributed by atoms with Crippen LogP contribution in [-0.2, 0) is 9.59 Å². The van der Waals surface area contributed by atoms with Gasteiger partial charge in [-0.3, -0.25) is 19.4 Å². The van der Waals surface area contributed by atoms with E-state index in [2.05, 4.69) is 47.9 Å². The van der Waals surface area contributed by atoms with Crippen molar-refractivity contribution in [2.24, 2.45) is 11.8 Å². The molecule has 2 fully saturated rings. The van der Waals surface area contributed by atoms with Crippen molar-refractivity contribution in [3.63, 3.8) is 0 Å². The number of ketones is 2. The number of carbonyl (C=O) groups is 2. The van der Waals surface area contributed by atoms with Gasteiger partial charge in [0.05, 0.1) is 12.1 Å². The fourth-order valence-electron chi connectivity index (χ4n) is 5.60. The molecule has 4 heteroatoms. The lowest BCUT2D eigenvalue weighted by Gasteiger charge is -2.36. The number of carbonyl (C=O) groups excluding carboxylic acids is 2. The molecule has 184 valence electrons. The van der Waals surface area contributed by atoms with Gasteiger partial charge in [-0.05, 0) is 75.6 Å².